The lowest BCUT2D eigenvalue weighted by Gasteiger charge is -2.24. The molecule has 0 fully saturated rings. The lowest BCUT2D eigenvalue weighted by atomic mass is 9.87. The Bertz CT molecular complexity index is 724. The molecule has 0 saturated heterocycles. The van der Waals surface area contributed by atoms with Gasteiger partial charge in [-0.05, 0) is 17.7 Å². The lowest BCUT2D eigenvalue weighted by Crippen LogP contribution is -2.30. The van der Waals surface area contributed by atoms with E-state index in [1.807, 2.05) is 24.3 Å². The molecule has 102 valence electrons. The Morgan fingerprint density at radius 1 is 1.35 bits per heavy atom. The second kappa shape index (κ2) is 4.80. The molecular weight excluding hydrogens is 258 g/mol. The van der Waals surface area contributed by atoms with Gasteiger partial charge in [-0.1, -0.05) is 12.1 Å². The van der Waals surface area contributed by atoms with Crippen molar-refractivity contribution in [3.63, 3.8) is 0 Å². The molecule has 2 heterocycles. The summed E-state index contributed by atoms with van der Waals surface area (Å²) < 4.78 is 5.19. The molecule has 6 nitrogen and oxygen atoms in total. The van der Waals surface area contributed by atoms with Gasteiger partial charge in [-0.3, -0.25) is 9.59 Å². The number of amides is 1. The zero-order valence-electron chi connectivity index (χ0n) is 10.8. The molecule has 1 amide bonds. The van der Waals surface area contributed by atoms with Gasteiger partial charge >= 0.3 is 0 Å². The van der Waals surface area contributed by atoms with Crippen molar-refractivity contribution in [2.75, 3.05) is 12.4 Å². The van der Waals surface area contributed by atoms with E-state index in [1.54, 1.807) is 7.11 Å². The van der Waals surface area contributed by atoms with Crippen molar-refractivity contribution in [1.82, 2.24) is 9.97 Å². The quantitative estimate of drug-likeness (QED) is 0.861. The number of methoxy groups -OCH3 is 1. The number of nitrogens with zero attached hydrogens (tertiary/aromatic N) is 1. The molecular formula is C14H13N3O3. The van der Waals surface area contributed by atoms with Gasteiger partial charge in [0.05, 0.1) is 19.0 Å². The third-order valence-corrected chi connectivity index (χ3v) is 3.38. The van der Waals surface area contributed by atoms with Crippen LogP contribution in [0.15, 0.2) is 35.4 Å². The minimum absolute atomic E-state index is 0.150. The number of H-pyrrole nitrogens is 1. The van der Waals surface area contributed by atoms with E-state index in [4.69, 9.17) is 4.74 Å². The summed E-state index contributed by atoms with van der Waals surface area (Å²) in [6.45, 7) is 0. The van der Waals surface area contributed by atoms with Gasteiger partial charge in [0, 0.05) is 12.3 Å². The van der Waals surface area contributed by atoms with E-state index in [1.165, 1.54) is 6.33 Å². The first kappa shape index (κ1) is 12.4. The minimum Gasteiger partial charge on any atom is -0.497 e. The van der Waals surface area contributed by atoms with Gasteiger partial charge in [0.1, 0.15) is 11.6 Å². The summed E-state index contributed by atoms with van der Waals surface area (Å²) in [5.41, 5.74) is 1.11. The Hall–Kier alpha value is -2.63. The van der Waals surface area contributed by atoms with Crippen molar-refractivity contribution >= 4 is 11.7 Å². The van der Waals surface area contributed by atoms with E-state index >= 15 is 0 Å². The second-order valence-electron chi connectivity index (χ2n) is 4.58. The maximum absolute atomic E-state index is 12.0. The van der Waals surface area contributed by atoms with Gasteiger partial charge in [0.15, 0.2) is 0 Å². The standard InChI is InChI=1S/C14H13N3O3/c1-20-9-4-2-3-8(5-9)10-6-11(18)17-13-12(10)14(19)16-7-15-13/h2-5,7,10H,6H2,1H3,(H2,15,16,17,18,19). The summed E-state index contributed by atoms with van der Waals surface area (Å²) >= 11 is 0. The van der Waals surface area contributed by atoms with Crippen LogP contribution in [0.2, 0.25) is 0 Å². The molecule has 0 aliphatic carbocycles. The van der Waals surface area contributed by atoms with Gasteiger partial charge < -0.3 is 15.0 Å². The molecule has 1 unspecified atom stereocenters. The van der Waals surface area contributed by atoms with E-state index in [0.29, 0.717) is 17.1 Å². The van der Waals surface area contributed by atoms with Crippen LogP contribution in [-0.4, -0.2) is 23.0 Å². The number of carbonyl (C=O) groups is 1. The van der Waals surface area contributed by atoms with Crippen LogP contribution >= 0.6 is 0 Å². The first-order valence-electron chi connectivity index (χ1n) is 6.20. The van der Waals surface area contributed by atoms with Crippen LogP contribution in [0.25, 0.3) is 0 Å². The maximum Gasteiger partial charge on any atom is 0.256 e. The maximum atomic E-state index is 12.0. The summed E-state index contributed by atoms with van der Waals surface area (Å²) in [4.78, 5) is 30.4. The normalized spacial score (nSPS) is 17.2. The van der Waals surface area contributed by atoms with Crippen molar-refractivity contribution < 1.29 is 9.53 Å². The van der Waals surface area contributed by atoms with Crippen LogP contribution in [0.3, 0.4) is 0 Å². The second-order valence-corrected chi connectivity index (χ2v) is 4.58. The van der Waals surface area contributed by atoms with E-state index in [2.05, 4.69) is 15.3 Å². The van der Waals surface area contributed by atoms with Crippen LogP contribution in [0.1, 0.15) is 23.5 Å². The first-order valence-corrected chi connectivity index (χ1v) is 6.20. The molecule has 20 heavy (non-hydrogen) atoms. The monoisotopic (exact) mass is 271 g/mol. The predicted octanol–water partition coefficient (Wildman–Crippen LogP) is 1.25. The fraction of sp³-hybridized carbons (Fsp3) is 0.214. The summed E-state index contributed by atoms with van der Waals surface area (Å²) in [5.74, 6) is 0.558. The molecule has 1 aromatic heterocycles. The molecule has 1 aliphatic heterocycles. The minimum atomic E-state index is -0.314. The van der Waals surface area contributed by atoms with Gasteiger partial charge in [-0.15, -0.1) is 0 Å². The molecule has 1 aromatic carbocycles. The smallest absolute Gasteiger partial charge is 0.256 e. The van der Waals surface area contributed by atoms with Crippen molar-refractivity contribution in [3.05, 3.63) is 52.1 Å². The lowest BCUT2D eigenvalue weighted by molar-refractivity contribution is -0.116. The number of aromatic amines is 1. The number of rotatable bonds is 2. The van der Waals surface area contributed by atoms with E-state index in [-0.39, 0.29) is 23.8 Å². The van der Waals surface area contributed by atoms with Crippen LogP contribution in [0.4, 0.5) is 5.82 Å². The number of fused-ring (bicyclic) bond motifs is 1. The number of nitrogens with one attached hydrogen (secondary N) is 2. The number of hydrogen-bond donors (Lipinski definition) is 2. The fourth-order valence-electron chi connectivity index (χ4n) is 2.45. The Kier molecular flexibility index (Phi) is 2.98. The van der Waals surface area contributed by atoms with Crippen molar-refractivity contribution in [3.8, 4) is 5.75 Å². The third-order valence-electron chi connectivity index (χ3n) is 3.38. The largest absolute Gasteiger partial charge is 0.497 e. The molecule has 1 aliphatic rings. The highest BCUT2D eigenvalue weighted by Crippen LogP contribution is 2.34. The van der Waals surface area contributed by atoms with Crippen LogP contribution in [0, 0.1) is 0 Å². The summed E-state index contributed by atoms with van der Waals surface area (Å²) in [6.07, 6.45) is 1.50. The van der Waals surface area contributed by atoms with Crippen LogP contribution in [0.5, 0.6) is 5.75 Å². The zero-order chi connectivity index (χ0) is 14.1. The molecule has 0 bridgehead atoms. The number of aromatic nitrogens is 2. The van der Waals surface area contributed by atoms with E-state index < -0.39 is 0 Å². The van der Waals surface area contributed by atoms with Crippen molar-refractivity contribution in [1.29, 1.82) is 0 Å². The molecule has 0 spiro atoms. The van der Waals surface area contributed by atoms with E-state index in [0.717, 1.165) is 5.56 Å². The van der Waals surface area contributed by atoms with E-state index in [9.17, 15) is 9.59 Å². The molecule has 1 atom stereocenters. The third kappa shape index (κ3) is 2.05. The van der Waals surface area contributed by atoms with Crippen molar-refractivity contribution in [2.24, 2.45) is 0 Å². The average molecular weight is 271 g/mol. The number of carbonyl (C=O) groups excluding carboxylic acids is 1. The highest BCUT2D eigenvalue weighted by molar-refractivity contribution is 5.94. The molecule has 2 aromatic rings. The Morgan fingerprint density at radius 3 is 3.00 bits per heavy atom. The number of ether oxygens (including phenoxy) is 1. The Balaban J connectivity index is 2.15. The predicted molar refractivity (Wildman–Crippen MR) is 72.9 cm³/mol. The topological polar surface area (TPSA) is 84.1 Å². The molecule has 0 saturated carbocycles. The highest BCUT2D eigenvalue weighted by Gasteiger charge is 2.30. The summed E-state index contributed by atoms with van der Waals surface area (Å²) in [7, 11) is 1.58. The van der Waals surface area contributed by atoms with Gasteiger partial charge in [0.2, 0.25) is 5.91 Å². The first-order chi connectivity index (χ1) is 9.69. The Morgan fingerprint density at radius 2 is 2.20 bits per heavy atom. The van der Waals surface area contributed by atoms with Crippen LogP contribution < -0.4 is 15.6 Å². The number of hydrogen-bond acceptors (Lipinski definition) is 4. The number of anilines is 1. The number of benzene rings is 1. The zero-order valence-corrected chi connectivity index (χ0v) is 10.8. The molecule has 3 rings (SSSR count). The molecule has 2 N–H and O–H groups in total. The Labute approximate surface area is 114 Å². The van der Waals surface area contributed by atoms with Gasteiger partial charge in [0.25, 0.3) is 5.56 Å². The average Bonchev–Trinajstić information content (AvgIpc) is 2.46. The van der Waals surface area contributed by atoms with Crippen LogP contribution in [-0.2, 0) is 4.79 Å². The molecule has 0 radical (unpaired) electrons. The summed E-state index contributed by atoms with van der Waals surface area (Å²) in [5, 5.41) is 2.63. The van der Waals surface area contributed by atoms with Gasteiger partial charge in [-0.2, -0.15) is 0 Å². The molecule has 6 heteroatoms. The summed E-state index contributed by atoms with van der Waals surface area (Å²) in [6, 6.07) is 7.37. The van der Waals surface area contributed by atoms with Gasteiger partial charge in [-0.25, -0.2) is 4.98 Å². The SMILES string of the molecule is COc1cccc(C2CC(=O)Nc3nc[nH]c(=O)c32)c1. The fourth-order valence-corrected chi connectivity index (χ4v) is 2.45. The van der Waals surface area contributed by atoms with Crippen molar-refractivity contribution in [2.45, 2.75) is 12.3 Å². The highest BCUT2D eigenvalue weighted by atomic mass is 16.5.